The van der Waals surface area contributed by atoms with E-state index >= 15 is 0 Å². The average Bonchev–Trinajstić information content (AvgIpc) is 2.79. The van der Waals surface area contributed by atoms with Crippen molar-refractivity contribution >= 4 is 12.1 Å². The number of rotatable bonds is 4. The first-order valence-corrected chi connectivity index (χ1v) is 7.56. The molecule has 0 spiro atoms. The van der Waals surface area contributed by atoms with Gasteiger partial charge in [-0.1, -0.05) is 24.3 Å². The average molecular weight is 305 g/mol. The molecule has 2 rings (SSSR count). The second-order valence-corrected chi connectivity index (χ2v) is 6.71. The molecule has 22 heavy (non-hydrogen) atoms. The summed E-state index contributed by atoms with van der Waals surface area (Å²) in [6.07, 6.45) is 1.57. The van der Waals surface area contributed by atoms with Gasteiger partial charge in [-0.05, 0) is 57.1 Å². The van der Waals surface area contributed by atoms with E-state index in [0.29, 0.717) is 6.42 Å². The van der Waals surface area contributed by atoms with Crippen LogP contribution in [0.3, 0.4) is 0 Å². The first-order chi connectivity index (χ1) is 10.3. The number of carbonyl (C=O) groups excluding carboxylic acids is 1. The Hall–Kier alpha value is -2.04. The quantitative estimate of drug-likeness (QED) is 0.896. The lowest BCUT2D eigenvalue weighted by atomic mass is 9.94. The van der Waals surface area contributed by atoms with Crippen LogP contribution in [0.5, 0.6) is 0 Å². The van der Waals surface area contributed by atoms with E-state index in [1.54, 1.807) is 20.8 Å². The molecule has 1 aliphatic carbocycles. The molecule has 0 fully saturated rings. The Balaban J connectivity index is 2.02. The van der Waals surface area contributed by atoms with Gasteiger partial charge in [-0.15, -0.1) is 0 Å². The standard InChI is InChI=1S/C17H23NO4/c1-17(2,3)22-16(21)18-14(15(19)20)10-12-9-8-11-6-4-5-7-13(11)12/h4-7,12,14H,8-10H2,1-3H3,(H,18,21)(H,19,20). The van der Waals surface area contributed by atoms with Crippen molar-refractivity contribution in [1.29, 1.82) is 0 Å². The largest absolute Gasteiger partial charge is 0.480 e. The third-order valence-corrected chi connectivity index (χ3v) is 3.77. The maximum absolute atomic E-state index is 11.8. The lowest BCUT2D eigenvalue weighted by molar-refractivity contribution is -0.139. The smallest absolute Gasteiger partial charge is 0.408 e. The van der Waals surface area contributed by atoms with E-state index in [0.717, 1.165) is 12.8 Å². The Morgan fingerprint density at radius 1 is 1.36 bits per heavy atom. The third kappa shape index (κ3) is 4.23. The topological polar surface area (TPSA) is 75.6 Å². The molecule has 1 aliphatic rings. The molecule has 5 nitrogen and oxygen atoms in total. The summed E-state index contributed by atoms with van der Waals surface area (Å²) in [6.45, 7) is 5.24. The van der Waals surface area contributed by atoms with Gasteiger partial charge in [0, 0.05) is 0 Å². The Labute approximate surface area is 130 Å². The van der Waals surface area contributed by atoms with Crippen molar-refractivity contribution < 1.29 is 19.4 Å². The van der Waals surface area contributed by atoms with E-state index in [4.69, 9.17) is 4.74 Å². The zero-order chi connectivity index (χ0) is 16.3. The summed E-state index contributed by atoms with van der Waals surface area (Å²) in [6, 6.07) is 7.14. The van der Waals surface area contributed by atoms with Crippen LogP contribution in [0.25, 0.3) is 0 Å². The monoisotopic (exact) mass is 305 g/mol. The second-order valence-electron chi connectivity index (χ2n) is 6.71. The fraction of sp³-hybridized carbons (Fsp3) is 0.529. The number of hydrogen-bond donors (Lipinski definition) is 2. The fourth-order valence-corrected chi connectivity index (χ4v) is 2.85. The van der Waals surface area contributed by atoms with Gasteiger partial charge in [0.2, 0.25) is 0 Å². The predicted molar refractivity (Wildman–Crippen MR) is 82.9 cm³/mol. The van der Waals surface area contributed by atoms with Crippen LogP contribution >= 0.6 is 0 Å². The van der Waals surface area contributed by atoms with Crippen molar-refractivity contribution in [2.75, 3.05) is 0 Å². The van der Waals surface area contributed by atoms with Crippen molar-refractivity contribution in [2.45, 2.75) is 57.6 Å². The number of amides is 1. The minimum Gasteiger partial charge on any atom is -0.480 e. The van der Waals surface area contributed by atoms with Crippen molar-refractivity contribution in [1.82, 2.24) is 5.32 Å². The number of fused-ring (bicyclic) bond motifs is 1. The highest BCUT2D eigenvalue weighted by atomic mass is 16.6. The van der Waals surface area contributed by atoms with Gasteiger partial charge in [-0.3, -0.25) is 0 Å². The van der Waals surface area contributed by atoms with E-state index in [2.05, 4.69) is 11.4 Å². The van der Waals surface area contributed by atoms with Gasteiger partial charge in [0.1, 0.15) is 11.6 Å². The normalized spacial score (nSPS) is 18.4. The molecule has 1 aromatic carbocycles. The number of carbonyl (C=O) groups is 2. The summed E-state index contributed by atoms with van der Waals surface area (Å²) in [7, 11) is 0. The van der Waals surface area contributed by atoms with Crippen molar-refractivity contribution in [3.63, 3.8) is 0 Å². The van der Waals surface area contributed by atoms with Gasteiger partial charge >= 0.3 is 12.1 Å². The predicted octanol–water partition coefficient (Wildman–Crippen LogP) is 3.08. The summed E-state index contributed by atoms with van der Waals surface area (Å²) >= 11 is 0. The number of carboxylic acids is 1. The van der Waals surface area contributed by atoms with Gasteiger partial charge in [0.05, 0.1) is 0 Å². The lowest BCUT2D eigenvalue weighted by Gasteiger charge is -2.23. The molecule has 2 N–H and O–H groups in total. The Kier molecular flexibility index (Phi) is 4.74. The molecule has 0 aliphatic heterocycles. The van der Waals surface area contributed by atoms with Crippen LogP contribution < -0.4 is 5.32 Å². The number of ether oxygens (including phenoxy) is 1. The van der Waals surface area contributed by atoms with Crippen LogP contribution in [-0.4, -0.2) is 28.8 Å². The zero-order valence-corrected chi connectivity index (χ0v) is 13.3. The molecule has 120 valence electrons. The van der Waals surface area contributed by atoms with Crippen LogP contribution in [0.2, 0.25) is 0 Å². The zero-order valence-electron chi connectivity index (χ0n) is 13.3. The maximum Gasteiger partial charge on any atom is 0.408 e. The first kappa shape index (κ1) is 16.3. The van der Waals surface area contributed by atoms with E-state index in [9.17, 15) is 14.7 Å². The van der Waals surface area contributed by atoms with Gasteiger partial charge in [-0.2, -0.15) is 0 Å². The molecule has 1 amide bonds. The van der Waals surface area contributed by atoms with Crippen LogP contribution in [0, 0.1) is 0 Å². The Morgan fingerprint density at radius 2 is 2.05 bits per heavy atom. The number of carboxylic acid groups (broad SMARTS) is 1. The lowest BCUT2D eigenvalue weighted by Crippen LogP contribution is -2.44. The minimum absolute atomic E-state index is 0.159. The number of benzene rings is 1. The highest BCUT2D eigenvalue weighted by Gasteiger charge is 2.30. The third-order valence-electron chi connectivity index (χ3n) is 3.77. The molecule has 0 aromatic heterocycles. The molecule has 5 heteroatoms. The molecule has 2 unspecified atom stereocenters. The summed E-state index contributed by atoms with van der Waals surface area (Å²) in [5.41, 5.74) is 1.82. The molecule has 0 radical (unpaired) electrons. The molecule has 2 atom stereocenters. The molecule has 1 aromatic rings. The van der Waals surface area contributed by atoms with E-state index in [1.165, 1.54) is 11.1 Å². The molecular formula is C17H23NO4. The summed E-state index contributed by atoms with van der Waals surface area (Å²) in [4.78, 5) is 23.2. The summed E-state index contributed by atoms with van der Waals surface area (Å²) in [5.74, 6) is -0.873. The van der Waals surface area contributed by atoms with Crippen LogP contribution in [0.1, 0.15) is 50.7 Å². The van der Waals surface area contributed by atoms with Crippen LogP contribution in [-0.2, 0) is 16.0 Å². The first-order valence-electron chi connectivity index (χ1n) is 7.56. The van der Waals surface area contributed by atoms with Gasteiger partial charge in [-0.25, -0.2) is 9.59 Å². The fourth-order valence-electron chi connectivity index (χ4n) is 2.85. The SMILES string of the molecule is CC(C)(C)OC(=O)NC(CC1CCc2ccccc21)C(=O)O. The molecule has 0 heterocycles. The number of nitrogens with one attached hydrogen (secondary N) is 1. The molecule has 0 saturated carbocycles. The minimum atomic E-state index is -1.03. The van der Waals surface area contributed by atoms with Crippen molar-refractivity contribution in [2.24, 2.45) is 0 Å². The van der Waals surface area contributed by atoms with Crippen molar-refractivity contribution in [3.05, 3.63) is 35.4 Å². The summed E-state index contributed by atoms with van der Waals surface area (Å²) < 4.78 is 5.14. The number of aliphatic carboxylic acids is 1. The number of aryl methyl sites for hydroxylation is 1. The van der Waals surface area contributed by atoms with Gasteiger partial charge in [0.15, 0.2) is 0 Å². The van der Waals surface area contributed by atoms with Crippen LogP contribution in [0.4, 0.5) is 4.79 Å². The van der Waals surface area contributed by atoms with E-state index in [1.807, 2.05) is 18.2 Å². The summed E-state index contributed by atoms with van der Waals surface area (Å²) in [5, 5.41) is 11.8. The number of alkyl carbamates (subject to hydrolysis) is 1. The van der Waals surface area contributed by atoms with E-state index < -0.39 is 23.7 Å². The molecular weight excluding hydrogens is 282 g/mol. The highest BCUT2D eigenvalue weighted by molar-refractivity contribution is 5.80. The molecule has 0 bridgehead atoms. The highest BCUT2D eigenvalue weighted by Crippen LogP contribution is 2.36. The van der Waals surface area contributed by atoms with Crippen LogP contribution in [0.15, 0.2) is 24.3 Å². The van der Waals surface area contributed by atoms with Crippen molar-refractivity contribution in [3.8, 4) is 0 Å². The number of hydrogen-bond acceptors (Lipinski definition) is 3. The second kappa shape index (κ2) is 6.38. The van der Waals surface area contributed by atoms with Gasteiger partial charge in [0.25, 0.3) is 0 Å². The Bertz CT molecular complexity index is 562. The van der Waals surface area contributed by atoms with Gasteiger partial charge < -0.3 is 15.2 Å². The molecule has 0 saturated heterocycles. The van der Waals surface area contributed by atoms with E-state index in [-0.39, 0.29) is 5.92 Å². The Morgan fingerprint density at radius 3 is 2.68 bits per heavy atom. The maximum atomic E-state index is 11.8.